The summed E-state index contributed by atoms with van der Waals surface area (Å²) in [4.78, 5) is 6.88. The predicted octanol–water partition coefficient (Wildman–Crippen LogP) is 1.04. The molecule has 0 amide bonds. The molecule has 56 valence electrons. The standard InChI is InChI=1S/C7H12N2S/c1-6-4-8-7-9(5-6)2-3-10-7/h6H,2-5H2,1H3. The molecule has 1 saturated heterocycles. The van der Waals surface area contributed by atoms with Crippen molar-refractivity contribution in [1.82, 2.24) is 4.90 Å². The average Bonchev–Trinajstić information content (AvgIpc) is 2.33. The zero-order chi connectivity index (χ0) is 6.97. The first-order valence-corrected chi connectivity index (χ1v) is 4.77. The molecular weight excluding hydrogens is 144 g/mol. The van der Waals surface area contributed by atoms with E-state index >= 15 is 0 Å². The molecule has 0 aromatic rings. The summed E-state index contributed by atoms with van der Waals surface area (Å²) in [6.45, 7) is 5.75. The van der Waals surface area contributed by atoms with Crippen LogP contribution >= 0.6 is 11.8 Å². The van der Waals surface area contributed by atoms with Gasteiger partial charge in [-0.25, -0.2) is 0 Å². The van der Waals surface area contributed by atoms with Crippen LogP contribution in [0.25, 0.3) is 0 Å². The lowest BCUT2D eigenvalue weighted by molar-refractivity contribution is 0.362. The van der Waals surface area contributed by atoms with Gasteiger partial charge in [0.1, 0.15) is 0 Å². The van der Waals surface area contributed by atoms with Crippen LogP contribution in [0.3, 0.4) is 0 Å². The molecule has 0 saturated carbocycles. The third-order valence-corrected chi connectivity index (χ3v) is 2.97. The van der Waals surface area contributed by atoms with E-state index in [0.717, 1.165) is 12.5 Å². The molecule has 0 spiro atoms. The summed E-state index contributed by atoms with van der Waals surface area (Å²) in [5.41, 5.74) is 0. The van der Waals surface area contributed by atoms with E-state index in [-0.39, 0.29) is 0 Å². The Kier molecular flexibility index (Phi) is 1.60. The molecule has 1 unspecified atom stereocenters. The number of aliphatic imine (C=N–C) groups is 1. The van der Waals surface area contributed by atoms with Gasteiger partial charge < -0.3 is 4.90 Å². The van der Waals surface area contributed by atoms with Gasteiger partial charge >= 0.3 is 0 Å². The van der Waals surface area contributed by atoms with Gasteiger partial charge in [-0.05, 0) is 5.92 Å². The van der Waals surface area contributed by atoms with E-state index in [2.05, 4.69) is 16.8 Å². The van der Waals surface area contributed by atoms with Crippen LogP contribution in [-0.4, -0.2) is 35.5 Å². The highest BCUT2D eigenvalue weighted by molar-refractivity contribution is 8.14. The first-order valence-electron chi connectivity index (χ1n) is 3.78. The molecule has 1 atom stereocenters. The average molecular weight is 156 g/mol. The van der Waals surface area contributed by atoms with Gasteiger partial charge in [0, 0.05) is 25.4 Å². The van der Waals surface area contributed by atoms with Gasteiger partial charge in [0.15, 0.2) is 5.17 Å². The number of fused-ring (bicyclic) bond motifs is 1. The molecule has 3 heteroatoms. The Morgan fingerprint density at radius 1 is 1.70 bits per heavy atom. The topological polar surface area (TPSA) is 15.6 Å². The lowest BCUT2D eigenvalue weighted by atomic mass is 10.1. The second-order valence-corrected chi connectivity index (χ2v) is 4.08. The summed E-state index contributed by atoms with van der Waals surface area (Å²) < 4.78 is 0. The Labute approximate surface area is 65.7 Å². The van der Waals surface area contributed by atoms with Crippen LogP contribution in [0.4, 0.5) is 0 Å². The molecule has 0 aromatic heterocycles. The third kappa shape index (κ3) is 1.03. The number of rotatable bonds is 0. The van der Waals surface area contributed by atoms with E-state index in [1.54, 1.807) is 0 Å². The van der Waals surface area contributed by atoms with Gasteiger partial charge in [0.25, 0.3) is 0 Å². The number of thioether (sulfide) groups is 1. The normalized spacial score (nSPS) is 31.9. The molecular formula is C7H12N2S. The molecule has 0 radical (unpaired) electrons. The molecule has 0 N–H and O–H groups in total. The first kappa shape index (κ1) is 6.53. The van der Waals surface area contributed by atoms with Crippen molar-refractivity contribution in [3.05, 3.63) is 0 Å². The van der Waals surface area contributed by atoms with Crippen molar-refractivity contribution >= 4 is 16.9 Å². The molecule has 0 aliphatic carbocycles. The summed E-state index contributed by atoms with van der Waals surface area (Å²) >= 11 is 1.90. The van der Waals surface area contributed by atoms with E-state index in [1.165, 1.54) is 24.0 Å². The lowest BCUT2D eigenvalue weighted by Crippen LogP contribution is -2.34. The van der Waals surface area contributed by atoms with Crippen LogP contribution in [0.1, 0.15) is 6.92 Å². The van der Waals surface area contributed by atoms with Gasteiger partial charge in [-0.15, -0.1) is 0 Å². The number of nitrogens with zero attached hydrogens (tertiary/aromatic N) is 2. The van der Waals surface area contributed by atoms with Crippen LogP contribution in [-0.2, 0) is 0 Å². The van der Waals surface area contributed by atoms with Crippen molar-refractivity contribution in [2.75, 3.05) is 25.4 Å². The highest BCUT2D eigenvalue weighted by atomic mass is 32.2. The second kappa shape index (κ2) is 2.46. The molecule has 0 aromatic carbocycles. The summed E-state index contributed by atoms with van der Waals surface area (Å²) in [6.07, 6.45) is 0. The minimum atomic E-state index is 0.766. The third-order valence-electron chi connectivity index (χ3n) is 1.93. The van der Waals surface area contributed by atoms with Gasteiger partial charge in [-0.2, -0.15) is 0 Å². The van der Waals surface area contributed by atoms with Gasteiger partial charge in [-0.1, -0.05) is 18.7 Å². The SMILES string of the molecule is CC1CN=C2SCCN2C1. The fourth-order valence-electron chi connectivity index (χ4n) is 1.42. The van der Waals surface area contributed by atoms with Crippen LogP contribution < -0.4 is 0 Å². The van der Waals surface area contributed by atoms with Gasteiger partial charge in [0.2, 0.25) is 0 Å². The van der Waals surface area contributed by atoms with E-state index < -0.39 is 0 Å². The zero-order valence-corrected chi connectivity index (χ0v) is 7.02. The second-order valence-electron chi connectivity index (χ2n) is 3.02. The molecule has 2 rings (SSSR count). The summed E-state index contributed by atoms with van der Waals surface area (Å²) in [7, 11) is 0. The fraction of sp³-hybridized carbons (Fsp3) is 0.857. The molecule has 2 nitrogen and oxygen atoms in total. The minimum absolute atomic E-state index is 0.766. The van der Waals surface area contributed by atoms with Gasteiger partial charge in [-0.3, -0.25) is 4.99 Å². The number of hydrogen-bond donors (Lipinski definition) is 0. The number of hydrogen-bond acceptors (Lipinski definition) is 3. The largest absolute Gasteiger partial charge is 0.350 e. The molecule has 0 bridgehead atoms. The van der Waals surface area contributed by atoms with Crippen molar-refractivity contribution in [3.8, 4) is 0 Å². The van der Waals surface area contributed by atoms with Crippen LogP contribution in [0.2, 0.25) is 0 Å². The molecule has 10 heavy (non-hydrogen) atoms. The maximum Gasteiger partial charge on any atom is 0.159 e. The van der Waals surface area contributed by atoms with Gasteiger partial charge in [0.05, 0.1) is 0 Å². The number of amidine groups is 1. The molecule has 1 fully saturated rings. The van der Waals surface area contributed by atoms with E-state index in [0.29, 0.717) is 0 Å². The monoisotopic (exact) mass is 156 g/mol. The molecule has 2 heterocycles. The maximum atomic E-state index is 4.48. The van der Waals surface area contributed by atoms with Crippen LogP contribution in [0, 0.1) is 5.92 Å². The van der Waals surface area contributed by atoms with E-state index in [1.807, 2.05) is 11.8 Å². The summed E-state index contributed by atoms with van der Waals surface area (Å²) in [5.74, 6) is 2.01. The Morgan fingerprint density at radius 3 is 3.50 bits per heavy atom. The summed E-state index contributed by atoms with van der Waals surface area (Å²) in [5, 5.41) is 1.29. The van der Waals surface area contributed by atoms with Crippen molar-refractivity contribution < 1.29 is 0 Å². The maximum absolute atomic E-state index is 4.48. The fourth-order valence-corrected chi connectivity index (χ4v) is 2.43. The summed E-state index contributed by atoms with van der Waals surface area (Å²) in [6, 6.07) is 0. The Balaban J connectivity index is 2.12. The highest BCUT2D eigenvalue weighted by Gasteiger charge is 2.24. The zero-order valence-electron chi connectivity index (χ0n) is 6.21. The Morgan fingerprint density at radius 2 is 2.60 bits per heavy atom. The van der Waals surface area contributed by atoms with Crippen LogP contribution in [0.15, 0.2) is 4.99 Å². The van der Waals surface area contributed by atoms with Crippen molar-refractivity contribution in [2.45, 2.75) is 6.92 Å². The Bertz CT molecular complexity index is 167. The lowest BCUT2D eigenvalue weighted by Gasteiger charge is -2.25. The molecule has 2 aliphatic heterocycles. The van der Waals surface area contributed by atoms with E-state index in [4.69, 9.17) is 0 Å². The highest BCUT2D eigenvalue weighted by Crippen LogP contribution is 2.22. The van der Waals surface area contributed by atoms with Crippen molar-refractivity contribution in [1.29, 1.82) is 0 Å². The quantitative estimate of drug-likeness (QED) is 0.521. The van der Waals surface area contributed by atoms with Crippen LogP contribution in [0.5, 0.6) is 0 Å². The van der Waals surface area contributed by atoms with Crippen molar-refractivity contribution in [3.63, 3.8) is 0 Å². The Hall–Kier alpha value is -0.180. The predicted molar refractivity (Wildman–Crippen MR) is 45.5 cm³/mol. The smallest absolute Gasteiger partial charge is 0.159 e. The molecule has 2 aliphatic rings. The minimum Gasteiger partial charge on any atom is -0.350 e. The van der Waals surface area contributed by atoms with E-state index in [9.17, 15) is 0 Å². The first-order chi connectivity index (χ1) is 4.86. The van der Waals surface area contributed by atoms with Crippen molar-refractivity contribution in [2.24, 2.45) is 10.9 Å².